The van der Waals surface area contributed by atoms with E-state index >= 15 is 0 Å². The number of rotatable bonds is 3. The molecule has 0 radical (unpaired) electrons. The number of morpholine rings is 1. The Morgan fingerprint density at radius 3 is 2.54 bits per heavy atom. The van der Waals surface area contributed by atoms with E-state index in [9.17, 15) is 9.59 Å². The molecule has 10 nitrogen and oxygen atoms in total. The first-order valence-electron chi connectivity index (χ1n) is 8.61. The molecule has 26 heavy (non-hydrogen) atoms. The van der Waals surface area contributed by atoms with Crippen molar-refractivity contribution >= 4 is 11.8 Å². The van der Waals surface area contributed by atoms with Crippen molar-refractivity contribution in [1.29, 1.82) is 0 Å². The topological polar surface area (TPSA) is 98.4 Å². The lowest BCUT2D eigenvalue weighted by molar-refractivity contribution is 0.0298. The number of amides is 2. The van der Waals surface area contributed by atoms with Crippen LogP contribution in [0.5, 0.6) is 0 Å². The fourth-order valence-electron chi connectivity index (χ4n) is 3.24. The van der Waals surface area contributed by atoms with E-state index in [1.54, 1.807) is 38.5 Å². The number of carbonyl (C=O) groups is 2. The summed E-state index contributed by atoms with van der Waals surface area (Å²) in [6, 6.07) is 1.82. The van der Waals surface area contributed by atoms with Gasteiger partial charge in [0.2, 0.25) is 0 Å². The van der Waals surface area contributed by atoms with Crippen molar-refractivity contribution < 1.29 is 14.3 Å². The molecule has 2 aromatic heterocycles. The van der Waals surface area contributed by atoms with Gasteiger partial charge in [0.05, 0.1) is 31.1 Å². The van der Waals surface area contributed by atoms with Crippen LogP contribution in [0, 0.1) is 6.92 Å². The molecule has 2 aliphatic rings. The van der Waals surface area contributed by atoms with Crippen LogP contribution in [0.2, 0.25) is 0 Å². The predicted molar refractivity (Wildman–Crippen MR) is 89.6 cm³/mol. The van der Waals surface area contributed by atoms with Crippen LogP contribution in [-0.4, -0.2) is 85.8 Å². The molecule has 2 amide bonds. The highest BCUT2D eigenvalue weighted by molar-refractivity contribution is 5.93. The Morgan fingerprint density at radius 1 is 1.15 bits per heavy atom. The predicted octanol–water partition coefficient (Wildman–Crippen LogP) is -0.510. The van der Waals surface area contributed by atoms with E-state index in [0.717, 1.165) is 5.69 Å². The summed E-state index contributed by atoms with van der Waals surface area (Å²) in [4.78, 5) is 28.4. The van der Waals surface area contributed by atoms with Crippen LogP contribution < -0.4 is 0 Å². The molecule has 4 heterocycles. The van der Waals surface area contributed by atoms with Crippen molar-refractivity contribution in [2.45, 2.75) is 13.0 Å². The summed E-state index contributed by atoms with van der Waals surface area (Å²) in [5.41, 5.74) is 1.72. The number of ether oxygens (including phenoxy) is 1. The molecule has 4 rings (SSSR count). The highest BCUT2D eigenvalue weighted by Gasteiger charge is 2.35. The van der Waals surface area contributed by atoms with Gasteiger partial charge in [-0.1, -0.05) is 5.21 Å². The average Bonchev–Trinajstić information content (AvgIpc) is 3.20. The zero-order valence-corrected chi connectivity index (χ0v) is 14.8. The third-order valence-electron chi connectivity index (χ3n) is 4.77. The van der Waals surface area contributed by atoms with Crippen LogP contribution in [-0.2, 0) is 11.8 Å². The van der Waals surface area contributed by atoms with E-state index in [-0.39, 0.29) is 17.9 Å². The molecule has 138 valence electrons. The van der Waals surface area contributed by atoms with Crippen LogP contribution in [0.4, 0.5) is 0 Å². The zero-order chi connectivity index (χ0) is 18.3. The van der Waals surface area contributed by atoms with Crippen LogP contribution in [0.15, 0.2) is 12.3 Å². The summed E-state index contributed by atoms with van der Waals surface area (Å²) in [6.45, 7) is 5.18. The maximum atomic E-state index is 12.5. The minimum atomic E-state index is -0.128. The summed E-state index contributed by atoms with van der Waals surface area (Å²) < 4.78 is 8.53. The molecule has 10 heteroatoms. The standard InChI is InChI=1S/C16H21N7O3/c1-11-7-14(20(2)18-11)16(25)22-8-12(9-22)23-10-13(17-19-23)15(24)21-3-5-26-6-4-21/h7,10,12H,3-6,8-9H2,1-2H3. The molecule has 0 unspecified atom stereocenters. The molecule has 0 bridgehead atoms. The molecule has 0 atom stereocenters. The van der Waals surface area contributed by atoms with Crippen LogP contribution >= 0.6 is 0 Å². The Hall–Kier alpha value is -2.75. The number of nitrogens with zero attached hydrogens (tertiary/aromatic N) is 7. The van der Waals surface area contributed by atoms with E-state index in [4.69, 9.17) is 4.74 Å². The lowest BCUT2D eigenvalue weighted by Gasteiger charge is -2.38. The second-order valence-electron chi connectivity index (χ2n) is 6.65. The molecule has 2 aromatic rings. The molecular weight excluding hydrogens is 338 g/mol. The lowest BCUT2D eigenvalue weighted by Crippen LogP contribution is -2.51. The number of hydrogen-bond acceptors (Lipinski definition) is 6. The molecule has 0 spiro atoms. The fraction of sp³-hybridized carbons (Fsp3) is 0.562. The molecule has 2 fully saturated rings. The van der Waals surface area contributed by atoms with E-state index in [1.807, 2.05) is 6.92 Å². The van der Waals surface area contributed by atoms with Crippen molar-refractivity contribution in [3.05, 3.63) is 29.3 Å². The number of aromatic nitrogens is 5. The zero-order valence-electron chi connectivity index (χ0n) is 14.8. The summed E-state index contributed by atoms with van der Waals surface area (Å²) >= 11 is 0. The monoisotopic (exact) mass is 359 g/mol. The number of hydrogen-bond donors (Lipinski definition) is 0. The fourth-order valence-corrected chi connectivity index (χ4v) is 3.24. The van der Waals surface area contributed by atoms with Crippen molar-refractivity contribution in [1.82, 2.24) is 34.6 Å². The van der Waals surface area contributed by atoms with E-state index in [2.05, 4.69) is 15.4 Å². The van der Waals surface area contributed by atoms with Crippen molar-refractivity contribution in [3.8, 4) is 0 Å². The largest absolute Gasteiger partial charge is 0.378 e. The lowest BCUT2D eigenvalue weighted by atomic mass is 10.1. The van der Waals surface area contributed by atoms with Gasteiger partial charge in [0, 0.05) is 33.2 Å². The van der Waals surface area contributed by atoms with Crippen molar-refractivity contribution in [3.63, 3.8) is 0 Å². The van der Waals surface area contributed by atoms with Gasteiger partial charge in [-0.15, -0.1) is 5.10 Å². The van der Waals surface area contributed by atoms with Gasteiger partial charge in [-0.05, 0) is 13.0 Å². The Morgan fingerprint density at radius 2 is 1.88 bits per heavy atom. The van der Waals surface area contributed by atoms with Gasteiger partial charge >= 0.3 is 0 Å². The highest BCUT2D eigenvalue weighted by Crippen LogP contribution is 2.23. The normalized spacial score (nSPS) is 18.1. The highest BCUT2D eigenvalue weighted by atomic mass is 16.5. The van der Waals surface area contributed by atoms with E-state index < -0.39 is 0 Å². The first kappa shape index (κ1) is 16.7. The van der Waals surface area contributed by atoms with Gasteiger partial charge in [-0.3, -0.25) is 14.3 Å². The first-order valence-corrected chi connectivity index (χ1v) is 8.61. The Balaban J connectivity index is 1.37. The summed E-state index contributed by atoms with van der Waals surface area (Å²) in [5.74, 6) is -0.175. The first-order chi connectivity index (χ1) is 12.5. The number of aryl methyl sites for hydroxylation is 2. The van der Waals surface area contributed by atoms with Gasteiger partial charge in [-0.2, -0.15) is 5.10 Å². The van der Waals surface area contributed by atoms with E-state index in [1.165, 1.54) is 0 Å². The summed E-state index contributed by atoms with van der Waals surface area (Å²) in [5, 5.41) is 12.3. The van der Waals surface area contributed by atoms with Crippen LogP contribution in [0.25, 0.3) is 0 Å². The maximum absolute atomic E-state index is 12.5. The SMILES string of the molecule is Cc1cc(C(=O)N2CC(n3cc(C(=O)N4CCOCC4)nn3)C2)n(C)n1. The smallest absolute Gasteiger partial charge is 0.276 e. The quantitative estimate of drug-likeness (QED) is 0.732. The van der Waals surface area contributed by atoms with E-state index in [0.29, 0.717) is 50.8 Å². The van der Waals surface area contributed by atoms with Crippen molar-refractivity contribution in [2.75, 3.05) is 39.4 Å². The summed E-state index contributed by atoms with van der Waals surface area (Å²) in [6.07, 6.45) is 1.67. The van der Waals surface area contributed by atoms with Crippen LogP contribution in [0.1, 0.15) is 32.7 Å². The minimum absolute atomic E-state index is 0.0343. The molecule has 2 aliphatic heterocycles. The summed E-state index contributed by atoms with van der Waals surface area (Å²) in [7, 11) is 1.76. The third-order valence-corrected chi connectivity index (χ3v) is 4.77. The Bertz CT molecular complexity index is 831. The molecule has 0 aliphatic carbocycles. The minimum Gasteiger partial charge on any atom is -0.378 e. The van der Waals surface area contributed by atoms with Crippen LogP contribution in [0.3, 0.4) is 0 Å². The Kier molecular flexibility index (Phi) is 4.19. The number of likely N-dealkylation sites (tertiary alicyclic amines) is 1. The second kappa shape index (κ2) is 6.52. The molecule has 0 saturated carbocycles. The van der Waals surface area contributed by atoms with Gasteiger partial charge in [0.1, 0.15) is 5.69 Å². The maximum Gasteiger partial charge on any atom is 0.276 e. The van der Waals surface area contributed by atoms with Crippen molar-refractivity contribution in [2.24, 2.45) is 7.05 Å². The number of carbonyl (C=O) groups excluding carboxylic acids is 2. The molecule has 0 N–H and O–H groups in total. The molecule has 0 aromatic carbocycles. The van der Waals surface area contributed by atoms with Gasteiger partial charge in [-0.25, -0.2) is 4.68 Å². The van der Waals surface area contributed by atoms with Gasteiger partial charge in [0.25, 0.3) is 11.8 Å². The van der Waals surface area contributed by atoms with Gasteiger partial charge in [0.15, 0.2) is 5.69 Å². The Labute approximate surface area is 150 Å². The second-order valence-corrected chi connectivity index (χ2v) is 6.65. The van der Waals surface area contributed by atoms with Gasteiger partial charge < -0.3 is 14.5 Å². The molecular formula is C16H21N7O3. The third kappa shape index (κ3) is 2.96. The molecule has 2 saturated heterocycles. The average molecular weight is 359 g/mol.